The highest BCUT2D eigenvalue weighted by molar-refractivity contribution is 5.83. The third kappa shape index (κ3) is 4.46. The lowest BCUT2D eigenvalue weighted by atomic mass is 10.1. The number of carbonyl (C=O) groups is 1. The predicted molar refractivity (Wildman–Crippen MR) is 76.8 cm³/mol. The van der Waals surface area contributed by atoms with Crippen molar-refractivity contribution in [3.8, 4) is 11.5 Å². The van der Waals surface area contributed by atoms with E-state index in [4.69, 9.17) is 9.15 Å². The van der Waals surface area contributed by atoms with E-state index in [1.807, 2.05) is 0 Å². The molecule has 0 saturated heterocycles. The van der Waals surface area contributed by atoms with Gasteiger partial charge in [-0.3, -0.25) is 5.32 Å². The summed E-state index contributed by atoms with van der Waals surface area (Å²) in [6, 6.07) is 2.34. The highest BCUT2D eigenvalue weighted by Crippen LogP contribution is 2.34. The fourth-order valence-electron chi connectivity index (χ4n) is 1.75. The van der Waals surface area contributed by atoms with Gasteiger partial charge in [-0.05, 0) is 39.0 Å². The van der Waals surface area contributed by atoms with Crippen LogP contribution < -0.4 is 5.32 Å². The van der Waals surface area contributed by atoms with Crippen LogP contribution in [0.2, 0.25) is 0 Å². The Hall–Kier alpha value is -2.58. The van der Waals surface area contributed by atoms with Gasteiger partial charge in [-0.1, -0.05) is 0 Å². The Labute approximate surface area is 134 Å². The zero-order chi connectivity index (χ0) is 18.1. The van der Waals surface area contributed by atoms with Crippen LogP contribution in [0.5, 0.6) is 0 Å². The minimum Gasteiger partial charge on any atom is -0.444 e. The molecule has 0 atom stereocenters. The molecule has 0 saturated carbocycles. The van der Waals surface area contributed by atoms with Gasteiger partial charge in [-0.2, -0.15) is 18.2 Å². The number of anilines is 1. The SMILES string of the molecule is CC(C)(C)OC(=O)Nc1coc(-c2ccc(F)c(C(F)(F)F)c2)n1. The number of oxazole rings is 1. The van der Waals surface area contributed by atoms with Gasteiger partial charge in [0.1, 0.15) is 17.7 Å². The molecule has 0 unspecified atom stereocenters. The maximum Gasteiger partial charge on any atom is 0.419 e. The highest BCUT2D eigenvalue weighted by atomic mass is 19.4. The number of rotatable bonds is 2. The van der Waals surface area contributed by atoms with Crippen LogP contribution in [0.1, 0.15) is 26.3 Å². The number of alkyl halides is 3. The van der Waals surface area contributed by atoms with Crippen molar-refractivity contribution in [2.24, 2.45) is 0 Å². The summed E-state index contributed by atoms with van der Waals surface area (Å²) >= 11 is 0. The molecule has 0 bridgehead atoms. The number of ether oxygens (including phenoxy) is 1. The monoisotopic (exact) mass is 346 g/mol. The Morgan fingerprint density at radius 3 is 2.50 bits per heavy atom. The maximum absolute atomic E-state index is 13.3. The Morgan fingerprint density at radius 2 is 1.92 bits per heavy atom. The molecule has 5 nitrogen and oxygen atoms in total. The molecule has 1 heterocycles. The summed E-state index contributed by atoms with van der Waals surface area (Å²) in [5, 5.41) is 2.28. The number of amides is 1. The number of nitrogens with one attached hydrogen (secondary N) is 1. The second kappa shape index (κ2) is 6.14. The van der Waals surface area contributed by atoms with E-state index in [1.165, 1.54) is 0 Å². The molecule has 130 valence electrons. The van der Waals surface area contributed by atoms with Crippen molar-refractivity contribution in [3.63, 3.8) is 0 Å². The van der Waals surface area contributed by atoms with Crippen molar-refractivity contribution in [1.29, 1.82) is 0 Å². The summed E-state index contributed by atoms with van der Waals surface area (Å²) < 4.78 is 61.4. The topological polar surface area (TPSA) is 64.4 Å². The van der Waals surface area contributed by atoms with Crippen LogP contribution in [-0.2, 0) is 10.9 Å². The van der Waals surface area contributed by atoms with E-state index in [1.54, 1.807) is 20.8 Å². The first kappa shape index (κ1) is 17.8. The molecule has 2 rings (SSSR count). The molecule has 24 heavy (non-hydrogen) atoms. The number of aromatic nitrogens is 1. The first-order valence-electron chi connectivity index (χ1n) is 6.78. The van der Waals surface area contributed by atoms with E-state index in [9.17, 15) is 22.4 Å². The third-order valence-electron chi connectivity index (χ3n) is 2.65. The first-order valence-corrected chi connectivity index (χ1v) is 6.78. The van der Waals surface area contributed by atoms with Gasteiger partial charge in [-0.15, -0.1) is 0 Å². The second-order valence-corrected chi connectivity index (χ2v) is 5.86. The molecular weight excluding hydrogens is 332 g/mol. The van der Waals surface area contributed by atoms with Crippen LogP contribution in [0.25, 0.3) is 11.5 Å². The smallest absolute Gasteiger partial charge is 0.419 e. The summed E-state index contributed by atoms with van der Waals surface area (Å²) in [6.07, 6.45) is -4.60. The molecule has 1 N–H and O–H groups in total. The fraction of sp³-hybridized carbons (Fsp3) is 0.333. The van der Waals surface area contributed by atoms with Crippen molar-refractivity contribution in [3.05, 3.63) is 35.8 Å². The Kier molecular flexibility index (Phi) is 4.54. The maximum atomic E-state index is 13.3. The number of hydrogen-bond donors (Lipinski definition) is 1. The Bertz CT molecular complexity index is 748. The zero-order valence-electron chi connectivity index (χ0n) is 13.0. The predicted octanol–water partition coefficient (Wildman–Crippen LogP) is 4.85. The standard InChI is InChI=1S/C15H14F4N2O3/c1-14(2,3)24-13(22)21-11-7-23-12(20-11)8-4-5-10(16)9(6-8)15(17,18)19/h4-7H,1-3H3,(H,21,22). The fourth-order valence-corrected chi connectivity index (χ4v) is 1.75. The molecule has 9 heteroatoms. The van der Waals surface area contributed by atoms with E-state index >= 15 is 0 Å². The van der Waals surface area contributed by atoms with Crippen molar-refractivity contribution in [1.82, 2.24) is 4.98 Å². The average molecular weight is 346 g/mol. The zero-order valence-corrected chi connectivity index (χ0v) is 13.0. The first-order chi connectivity index (χ1) is 11.0. The van der Waals surface area contributed by atoms with Crippen molar-refractivity contribution in [2.45, 2.75) is 32.5 Å². The second-order valence-electron chi connectivity index (χ2n) is 5.86. The van der Waals surface area contributed by atoms with Gasteiger partial charge in [-0.25, -0.2) is 9.18 Å². The molecule has 0 aliphatic carbocycles. The molecule has 0 aliphatic rings. The summed E-state index contributed by atoms with van der Waals surface area (Å²) in [6.45, 7) is 4.99. The van der Waals surface area contributed by atoms with Crippen LogP contribution in [0.3, 0.4) is 0 Å². The van der Waals surface area contributed by atoms with Gasteiger partial charge in [0.05, 0.1) is 5.56 Å². The number of nitrogens with zero attached hydrogens (tertiary/aromatic N) is 1. The van der Waals surface area contributed by atoms with Crippen LogP contribution in [0, 0.1) is 5.82 Å². The van der Waals surface area contributed by atoms with Gasteiger partial charge in [0.2, 0.25) is 5.89 Å². The van der Waals surface area contributed by atoms with Gasteiger partial charge in [0.25, 0.3) is 0 Å². The normalized spacial score (nSPS) is 12.1. The third-order valence-corrected chi connectivity index (χ3v) is 2.65. The number of carbonyl (C=O) groups excluding carboxylic acids is 1. The highest BCUT2D eigenvalue weighted by Gasteiger charge is 2.34. The molecule has 1 aromatic heterocycles. The lowest BCUT2D eigenvalue weighted by molar-refractivity contribution is -0.139. The van der Waals surface area contributed by atoms with Gasteiger partial charge in [0, 0.05) is 5.56 Å². The Morgan fingerprint density at radius 1 is 1.25 bits per heavy atom. The lowest BCUT2D eigenvalue weighted by Crippen LogP contribution is -2.27. The lowest BCUT2D eigenvalue weighted by Gasteiger charge is -2.18. The van der Waals surface area contributed by atoms with Gasteiger partial charge in [0.15, 0.2) is 5.82 Å². The van der Waals surface area contributed by atoms with Crippen molar-refractivity contribution >= 4 is 11.9 Å². The molecule has 0 fully saturated rings. The van der Waals surface area contributed by atoms with E-state index in [2.05, 4.69) is 10.3 Å². The summed E-state index contributed by atoms with van der Waals surface area (Å²) in [4.78, 5) is 15.4. The quantitative estimate of drug-likeness (QED) is 0.790. The molecule has 1 amide bonds. The summed E-state index contributed by atoms with van der Waals surface area (Å²) in [5.74, 6) is -1.64. The largest absolute Gasteiger partial charge is 0.444 e. The number of benzene rings is 1. The van der Waals surface area contributed by atoms with E-state index in [0.717, 1.165) is 12.3 Å². The van der Waals surface area contributed by atoms with Crippen LogP contribution >= 0.6 is 0 Å². The average Bonchev–Trinajstić information content (AvgIpc) is 2.83. The molecule has 0 spiro atoms. The van der Waals surface area contributed by atoms with E-state index in [0.29, 0.717) is 12.1 Å². The number of halogens is 4. The van der Waals surface area contributed by atoms with Crippen molar-refractivity contribution in [2.75, 3.05) is 5.32 Å². The molecule has 0 radical (unpaired) electrons. The summed E-state index contributed by atoms with van der Waals surface area (Å²) in [7, 11) is 0. The van der Waals surface area contributed by atoms with Crippen LogP contribution in [0.4, 0.5) is 28.2 Å². The van der Waals surface area contributed by atoms with Gasteiger partial charge >= 0.3 is 12.3 Å². The molecule has 0 aliphatic heterocycles. The molecular formula is C15H14F4N2O3. The van der Waals surface area contributed by atoms with Crippen LogP contribution in [-0.4, -0.2) is 16.7 Å². The minimum atomic E-state index is -4.84. The van der Waals surface area contributed by atoms with E-state index < -0.39 is 29.3 Å². The van der Waals surface area contributed by atoms with Crippen LogP contribution in [0.15, 0.2) is 28.9 Å². The number of hydrogen-bond acceptors (Lipinski definition) is 4. The minimum absolute atomic E-state index is 0.0443. The Balaban J connectivity index is 2.21. The van der Waals surface area contributed by atoms with Crippen molar-refractivity contribution < 1.29 is 31.5 Å². The summed E-state index contributed by atoms with van der Waals surface area (Å²) in [5.41, 5.74) is -2.24. The molecule has 2 aromatic rings. The van der Waals surface area contributed by atoms with Gasteiger partial charge < -0.3 is 9.15 Å². The molecule has 1 aromatic carbocycles. The van der Waals surface area contributed by atoms with E-state index in [-0.39, 0.29) is 17.3 Å².